The molecule has 1 rings (SSSR count). The number of nitrogens with zero attached hydrogens (tertiary/aromatic N) is 1. The zero-order valence-corrected chi connectivity index (χ0v) is 10.0. The average Bonchev–Trinajstić information content (AvgIpc) is 2.19. The van der Waals surface area contributed by atoms with Crippen LogP contribution in [0.2, 0.25) is 0 Å². The normalized spacial score (nSPS) is 15.8. The van der Waals surface area contributed by atoms with Gasteiger partial charge in [0.05, 0.1) is 12.2 Å². The molecule has 0 bridgehead atoms. The molecule has 0 fully saturated rings. The van der Waals surface area contributed by atoms with Crippen molar-refractivity contribution in [2.24, 2.45) is 5.41 Å². The fourth-order valence-electron chi connectivity index (χ4n) is 1.52. The van der Waals surface area contributed by atoms with Gasteiger partial charge in [0.15, 0.2) is 0 Å². The minimum absolute atomic E-state index is 0.318. The summed E-state index contributed by atoms with van der Waals surface area (Å²) in [5.41, 5.74) is 6.75. The number of aromatic nitrogens is 1. The van der Waals surface area contributed by atoms with Crippen molar-refractivity contribution in [2.45, 2.75) is 39.4 Å². The molecule has 0 spiro atoms. The third-order valence-electron chi connectivity index (χ3n) is 2.62. The molecule has 0 saturated carbocycles. The van der Waals surface area contributed by atoms with Gasteiger partial charge in [-0.05, 0) is 17.0 Å². The first kappa shape index (κ1) is 12.9. The number of hydrogen-bond donors (Lipinski definition) is 3. The summed E-state index contributed by atoms with van der Waals surface area (Å²) in [6.07, 6.45) is 1.93. The molecule has 0 amide bonds. The molecular weight excluding hydrogens is 204 g/mol. The van der Waals surface area contributed by atoms with E-state index < -0.39 is 12.2 Å². The van der Waals surface area contributed by atoms with Crippen molar-refractivity contribution in [3.63, 3.8) is 0 Å². The molecule has 0 aromatic carbocycles. The highest BCUT2D eigenvalue weighted by atomic mass is 16.3. The zero-order chi connectivity index (χ0) is 12.3. The maximum atomic E-state index is 9.90. The third kappa shape index (κ3) is 3.18. The van der Waals surface area contributed by atoms with Gasteiger partial charge in [0.25, 0.3) is 0 Å². The standard InChI is InChI=1S/C12H20N2O2/c1-12(2,3)11(16)10(15)6-8-7-14-5-4-9(8)13/h4-5,7,10-11,15-16H,6H2,1-3H3,(H2,13,14). The van der Waals surface area contributed by atoms with Gasteiger partial charge in [-0.2, -0.15) is 0 Å². The van der Waals surface area contributed by atoms with Crippen molar-refractivity contribution in [3.8, 4) is 0 Å². The van der Waals surface area contributed by atoms with Gasteiger partial charge in [-0.3, -0.25) is 4.98 Å². The molecule has 0 aliphatic carbocycles. The van der Waals surface area contributed by atoms with E-state index in [-0.39, 0.29) is 5.41 Å². The van der Waals surface area contributed by atoms with Crippen molar-refractivity contribution in [3.05, 3.63) is 24.0 Å². The Kier molecular flexibility index (Phi) is 3.88. The first-order valence-corrected chi connectivity index (χ1v) is 5.37. The van der Waals surface area contributed by atoms with E-state index in [0.717, 1.165) is 5.56 Å². The molecule has 1 aromatic heterocycles. The van der Waals surface area contributed by atoms with E-state index in [1.807, 2.05) is 20.8 Å². The molecule has 2 atom stereocenters. The monoisotopic (exact) mass is 224 g/mol. The lowest BCUT2D eigenvalue weighted by molar-refractivity contribution is -0.0433. The van der Waals surface area contributed by atoms with Crippen LogP contribution in [0.25, 0.3) is 0 Å². The second-order valence-corrected chi connectivity index (χ2v) is 5.16. The smallest absolute Gasteiger partial charge is 0.0850 e. The topological polar surface area (TPSA) is 79.4 Å². The second-order valence-electron chi connectivity index (χ2n) is 5.16. The fourth-order valence-corrected chi connectivity index (χ4v) is 1.52. The fraction of sp³-hybridized carbons (Fsp3) is 0.583. The Bertz CT molecular complexity index is 347. The summed E-state index contributed by atoms with van der Waals surface area (Å²) in [6.45, 7) is 5.65. The van der Waals surface area contributed by atoms with Crippen LogP contribution in [0.5, 0.6) is 0 Å². The van der Waals surface area contributed by atoms with Gasteiger partial charge in [-0.15, -0.1) is 0 Å². The number of hydrogen-bond acceptors (Lipinski definition) is 4. The number of anilines is 1. The lowest BCUT2D eigenvalue weighted by atomic mass is 9.84. The minimum Gasteiger partial charge on any atom is -0.398 e. The van der Waals surface area contributed by atoms with E-state index in [1.54, 1.807) is 18.5 Å². The summed E-state index contributed by atoms with van der Waals surface area (Å²) in [4.78, 5) is 3.95. The molecule has 4 nitrogen and oxygen atoms in total. The first-order valence-electron chi connectivity index (χ1n) is 5.37. The summed E-state index contributed by atoms with van der Waals surface area (Å²) >= 11 is 0. The Morgan fingerprint density at radius 3 is 2.50 bits per heavy atom. The van der Waals surface area contributed by atoms with Crippen LogP contribution in [-0.2, 0) is 6.42 Å². The van der Waals surface area contributed by atoms with Crippen LogP contribution in [0.3, 0.4) is 0 Å². The summed E-state index contributed by atoms with van der Waals surface area (Å²) in [6, 6.07) is 1.69. The van der Waals surface area contributed by atoms with Crippen molar-refractivity contribution in [1.82, 2.24) is 4.98 Å². The highest BCUT2D eigenvalue weighted by Gasteiger charge is 2.29. The maximum absolute atomic E-state index is 9.90. The van der Waals surface area contributed by atoms with Crippen molar-refractivity contribution in [1.29, 1.82) is 0 Å². The van der Waals surface area contributed by atoms with Crippen LogP contribution in [0.1, 0.15) is 26.3 Å². The van der Waals surface area contributed by atoms with Crippen LogP contribution >= 0.6 is 0 Å². The molecule has 1 heterocycles. The van der Waals surface area contributed by atoms with Crippen molar-refractivity contribution in [2.75, 3.05) is 5.73 Å². The van der Waals surface area contributed by atoms with Crippen LogP contribution in [0, 0.1) is 5.41 Å². The molecule has 0 saturated heterocycles. The van der Waals surface area contributed by atoms with Gasteiger partial charge < -0.3 is 15.9 Å². The molecule has 16 heavy (non-hydrogen) atoms. The molecule has 4 heteroatoms. The molecule has 0 aliphatic rings. The van der Waals surface area contributed by atoms with Gasteiger partial charge in [0, 0.05) is 24.5 Å². The van der Waals surface area contributed by atoms with E-state index >= 15 is 0 Å². The summed E-state index contributed by atoms with van der Waals surface area (Å²) in [7, 11) is 0. The Morgan fingerprint density at radius 2 is 2.00 bits per heavy atom. The molecule has 0 aliphatic heterocycles. The van der Waals surface area contributed by atoms with Gasteiger partial charge in [0.1, 0.15) is 0 Å². The summed E-state index contributed by atoms with van der Waals surface area (Å²) in [5, 5.41) is 19.8. The molecule has 90 valence electrons. The number of pyridine rings is 1. The van der Waals surface area contributed by atoms with E-state index in [9.17, 15) is 10.2 Å². The van der Waals surface area contributed by atoms with Crippen LogP contribution in [-0.4, -0.2) is 27.4 Å². The lowest BCUT2D eigenvalue weighted by Gasteiger charge is -2.30. The van der Waals surface area contributed by atoms with Crippen molar-refractivity contribution < 1.29 is 10.2 Å². The lowest BCUT2D eigenvalue weighted by Crippen LogP contribution is -2.39. The summed E-state index contributed by atoms with van der Waals surface area (Å²) < 4.78 is 0. The largest absolute Gasteiger partial charge is 0.398 e. The van der Waals surface area contributed by atoms with Crippen LogP contribution < -0.4 is 5.73 Å². The summed E-state index contributed by atoms with van der Waals surface area (Å²) in [5.74, 6) is 0. The minimum atomic E-state index is -0.827. The molecule has 2 unspecified atom stereocenters. The van der Waals surface area contributed by atoms with Crippen LogP contribution in [0.4, 0.5) is 5.69 Å². The Labute approximate surface area is 96.1 Å². The number of rotatable bonds is 3. The zero-order valence-electron chi connectivity index (χ0n) is 10.0. The first-order chi connectivity index (χ1) is 7.32. The van der Waals surface area contributed by atoms with Crippen LogP contribution in [0.15, 0.2) is 18.5 Å². The molecule has 4 N–H and O–H groups in total. The highest BCUT2D eigenvalue weighted by molar-refractivity contribution is 5.44. The molecule has 0 radical (unpaired) electrons. The van der Waals surface area contributed by atoms with E-state index in [0.29, 0.717) is 12.1 Å². The van der Waals surface area contributed by atoms with E-state index in [4.69, 9.17) is 5.73 Å². The molecular formula is C12H20N2O2. The van der Waals surface area contributed by atoms with Gasteiger partial charge in [0.2, 0.25) is 0 Å². The Balaban J connectivity index is 2.72. The number of aliphatic hydroxyl groups is 2. The van der Waals surface area contributed by atoms with Crippen molar-refractivity contribution >= 4 is 5.69 Å². The predicted octanol–water partition coefficient (Wildman–Crippen LogP) is 0.974. The second kappa shape index (κ2) is 4.80. The van der Waals surface area contributed by atoms with E-state index in [1.165, 1.54) is 0 Å². The van der Waals surface area contributed by atoms with Gasteiger partial charge in [-0.25, -0.2) is 0 Å². The Morgan fingerprint density at radius 1 is 1.38 bits per heavy atom. The van der Waals surface area contributed by atoms with E-state index in [2.05, 4.69) is 4.98 Å². The van der Waals surface area contributed by atoms with Gasteiger partial charge >= 0.3 is 0 Å². The third-order valence-corrected chi connectivity index (χ3v) is 2.62. The average molecular weight is 224 g/mol. The quantitative estimate of drug-likeness (QED) is 0.715. The highest BCUT2D eigenvalue weighted by Crippen LogP contribution is 2.24. The maximum Gasteiger partial charge on any atom is 0.0850 e. The Hall–Kier alpha value is -1.13. The predicted molar refractivity (Wildman–Crippen MR) is 63.8 cm³/mol. The number of nitrogens with two attached hydrogens (primary N) is 1. The van der Waals surface area contributed by atoms with Gasteiger partial charge in [-0.1, -0.05) is 20.8 Å². The molecule has 1 aromatic rings. The number of aliphatic hydroxyl groups excluding tert-OH is 2. The SMILES string of the molecule is CC(C)(C)C(O)C(O)Cc1cnccc1N. The number of nitrogen functional groups attached to an aromatic ring is 1.